The molecule has 0 saturated heterocycles. The number of rotatable bonds is 5. The molecule has 0 aliphatic heterocycles. The molecule has 1 aliphatic carbocycles. The van der Waals surface area contributed by atoms with Crippen LogP contribution in [-0.2, 0) is 12.8 Å². The van der Waals surface area contributed by atoms with Crippen LogP contribution < -0.4 is 0 Å². The molecule has 7 aromatic rings. The lowest BCUT2D eigenvalue weighted by molar-refractivity contribution is 0.795. The fraction of sp³-hybridized carbons (Fsp3) is 0.0698. The molecule has 0 aromatic heterocycles. The molecular weight excluding hydrogens is 516 g/mol. The van der Waals surface area contributed by atoms with E-state index in [1.807, 2.05) is 0 Å². The van der Waals surface area contributed by atoms with Crippen molar-refractivity contribution in [2.75, 3.05) is 0 Å². The number of hydrogen-bond acceptors (Lipinski definition) is 0. The van der Waals surface area contributed by atoms with Crippen LogP contribution in [0.25, 0.3) is 44.2 Å². The van der Waals surface area contributed by atoms with Crippen LogP contribution in [0.3, 0.4) is 0 Å². The van der Waals surface area contributed by atoms with E-state index >= 15 is 0 Å². The summed E-state index contributed by atoms with van der Waals surface area (Å²) in [5.74, 6) is 0.356. The molecule has 0 amide bonds. The summed E-state index contributed by atoms with van der Waals surface area (Å²) in [5.41, 5.74) is 14.7. The summed E-state index contributed by atoms with van der Waals surface area (Å²) in [6.07, 6.45) is 1.95. The molecule has 43 heavy (non-hydrogen) atoms. The average molecular weight is 549 g/mol. The van der Waals surface area contributed by atoms with Crippen LogP contribution in [-0.4, -0.2) is 0 Å². The highest BCUT2D eigenvalue weighted by Crippen LogP contribution is 2.46. The summed E-state index contributed by atoms with van der Waals surface area (Å²) in [6.45, 7) is 0. The fourth-order valence-corrected chi connectivity index (χ4v) is 6.87. The minimum absolute atomic E-state index is 0.356. The Balaban J connectivity index is 1.13. The van der Waals surface area contributed by atoms with Crippen LogP contribution in [0.15, 0.2) is 164 Å². The summed E-state index contributed by atoms with van der Waals surface area (Å²) in [6, 6.07) is 60.3. The molecule has 0 fully saturated rings. The molecule has 0 N–H and O–H groups in total. The summed E-state index contributed by atoms with van der Waals surface area (Å²) in [4.78, 5) is 0. The van der Waals surface area contributed by atoms with E-state index in [0.29, 0.717) is 5.92 Å². The SMILES string of the molecule is c1ccc(-c2ccc(Cc3ccc(-c4ccc5c(c4)-c4c(ccc6ccccc46)CC5c4ccccc4)cc3)cc2)cc1. The maximum atomic E-state index is 2.44. The van der Waals surface area contributed by atoms with Crippen molar-refractivity contribution >= 4 is 10.8 Å². The summed E-state index contributed by atoms with van der Waals surface area (Å²) in [5, 5.41) is 2.65. The lowest BCUT2D eigenvalue weighted by atomic mass is 9.74. The Kier molecular flexibility index (Phi) is 6.46. The van der Waals surface area contributed by atoms with Crippen LogP contribution >= 0.6 is 0 Å². The van der Waals surface area contributed by atoms with Gasteiger partial charge in [0, 0.05) is 5.92 Å². The second-order valence-electron chi connectivity index (χ2n) is 11.7. The molecule has 0 spiro atoms. The minimum atomic E-state index is 0.356. The van der Waals surface area contributed by atoms with Gasteiger partial charge in [0.05, 0.1) is 0 Å². The molecular formula is C43H32. The lowest BCUT2D eigenvalue weighted by Crippen LogP contribution is -2.13. The van der Waals surface area contributed by atoms with Crippen molar-refractivity contribution in [3.8, 4) is 33.4 Å². The van der Waals surface area contributed by atoms with E-state index in [2.05, 4.69) is 164 Å². The fourth-order valence-electron chi connectivity index (χ4n) is 6.87. The van der Waals surface area contributed by atoms with Crippen molar-refractivity contribution < 1.29 is 0 Å². The Bertz CT molecular complexity index is 2030. The van der Waals surface area contributed by atoms with Gasteiger partial charge in [0.2, 0.25) is 0 Å². The molecule has 0 heterocycles. The van der Waals surface area contributed by atoms with Gasteiger partial charge in [0.25, 0.3) is 0 Å². The normalized spacial score (nSPS) is 13.8. The predicted molar refractivity (Wildman–Crippen MR) is 181 cm³/mol. The van der Waals surface area contributed by atoms with E-state index in [4.69, 9.17) is 0 Å². The highest BCUT2D eigenvalue weighted by Gasteiger charge is 2.27. The molecule has 0 heteroatoms. The summed E-state index contributed by atoms with van der Waals surface area (Å²) < 4.78 is 0. The highest BCUT2D eigenvalue weighted by atomic mass is 14.3. The first-order valence-electron chi connectivity index (χ1n) is 15.2. The topological polar surface area (TPSA) is 0 Å². The summed E-state index contributed by atoms with van der Waals surface area (Å²) in [7, 11) is 0. The van der Waals surface area contributed by atoms with Crippen molar-refractivity contribution in [2.24, 2.45) is 0 Å². The third-order valence-electron chi connectivity index (χ3n) is 9.10. The molecule has 1 atom stereocenters. The quantitative estimate of drug-likeness (QED) is 0.201. The van der Waals surface area contributed by atoms with Crippen molar-refractivity contribution in [3.63, 3.8) is 0 Å². The van der Waals surface area contributed by atoms with Gasteiger partial charge >= 0.3 is 0 Å². The third kappa shape index (κ3) is 4.86. The molecule has 1 unspecified atom stereocenters. The van der Waals surface area contributed by atoms with Crippen LogP contribution in [0.1, 0.15) is 33.7 Å². The zero-order chi connectivity index (χ0) is 28.6. The maximum absolute atomic E-state index is 2.44. The largest absolute Gasteiger partial charge is 0.0622 e. The molecule has 0 bridgehead atoms. The van der Waals surface area contributed by atoms with Gasteiger partial charge in [0.1, 0.15) is 0 Å². The molecule has 7 aromatic carbocycles. The van der Waals surface area contributed by atoms with E-state index in [1.165, 1.54) is 72.0 Å². The monoisotopic (exact) mass is 548 g/mol. The molecule has 0 radical (unpaired) electrons. The van der Waals surface area contributed by atoms with Crippen LogP contribution in [0.4, 0.5) is 0 Å². The van der Waals surface area contributed by atoms with Gasteiger partial charge in [-0.25, -0.2) is 0 Å². The smallest absolute Gasteiger partial charge is 0.0136 e. The Morgan fingerprint density at radius 1 is 0.465 bits per heavy atom. The van der Waals surface area contributed by atoms with Crippen LogP contribution in [0.5, 0.6) is 0 Å². The van der Waals surface area contributed by atoms with E-state index in [0.717, 1.165) is 12.8 Å². The summed E-state index contributed by atoms with van der Waals surface area (Å²) >= 11 is 0. The van der Waals surface area contributed by atoms with E-state index < -0.39 is 0 Å². The molecule has 0 saturated carbocycles. The Morgan fingerprint density at radius 3 is 1.77 bits per heavy atom. The van der Waals surface area contributed by atoms with E-state index in [1.54, 1.807) is 0 Å². The Labute approximate surface area is 253 Å². The minimum Gasteiger partial charge on any atom is -0.0622 e. The standard InChI is InChI=1S/C43H32/c1-3-9-32(10-4-1)33-19-15-30(16-20-33)27-31-17-21-34(22-18-31)37-25-26-40-41(35-11-5-2-6-12-35)29-38-24-23-36-13-7-8-14-39(36)43(38)42(40)28-37/h1-26,28,41H,27,29H2. The first kappa shape index (κ1) is 25.5. The van der Waals surface area contributed by atoms with Crippen molar-refractivity contribution in [1.29, 1.82) is 0 Å². The lowest BCUT2D eigenvalue weighted by Gasteiger charge is -2.30. The van der Waals surface area contributed by atoms with Gasteiger partial charge in [-0.2, -0.15) is 0 Å². The van der Waals surface area contributed by atoms with E-state index in [-0.39, 0.29) is 0 Å². The van der Waals surface area contributed by atoms with Crippen LogP contribution in [0, 0.1) is 0 Å². The molecule has 8 rings (SSSR count). The first-order valence-corrected chi connectivity index (χ1v) is 15.2. The van der Waals surface area contributed by atoms with Gasteiger partial charge in [-0.15, -0.1) is 0 Å². The second kappa shape index (κ2) is 10.9. The van der Waals surface area contributed by atoms with Gasteiger partial charge in [-0.05, 0) is 90.9 Å². The highest BCUT2D eigenvalue weighted by molar-refractivity contribution is 6.00. The van der Waals surface area contributed by atoms with Crippen LogP contribution in [0.2, 0.25) is 0 Å². The zero-order valence-corrected chi connectivity index (χ0v) is 24.1. The van der Waals surface area contributed by atoms with Gasteiger partial charge < -0.3 is 0 Å². The number of benzene rings is 7. The third-order valence-corrected chi connectivity index (χ3v) is 9.10. The Hall–Kier alpha value is -5.20. The molecule has 204 valence electrons. The average Bonchev–Trinajstić information content (AvgIpc) is 3.09. The Morgan fingerprint density at radius 2 is 1.05 bits per heavy atom. The van der Waals surface area contributed by atoms with Crippen molar-refractivity contribution in [2.45, 2.75) is 18.8 Å². The van der Waals surface area contributed by atoms with Crippen molar-refractivity contribution in [1.82, 2.24) is 0 Å². The van der Waals surface area contributed by atoms with Gasteiger partial charge in [-0.3, -0.25) is 0 Å². The van der Waals surface area contributed by atoms with Gasteiger partial charge in [0.15, 0.2) is 0 Å². The van der Waals surface area contributed by atoms with Crippen molar-refractivity contribution in [3.05, 3.63) is 192 Å². The van der Waals surface area contributed by atoms with E-state index in [9.17, 15) is 0 Å². The second-order valence-corrected chi connectivity index (χ2v) is 11.7. The molecule has 1 aliphatic rings. The zero-order valence-electron chi connectivity index (χ0n) is 24.1. The maximum Gasteiger partial charge on any atom is 0.0136 e. The predicted octanol–water partition coefficient (Wildman–Crippen LogP) is 11.1. The van der Waals surface area contributed by atoms with Gasteiger partial charge in [-0.1, -0.05) is 158 Å². The number of fused-ring (bicyclic) bond motifs is 5. The molecule has 0 nitrogen and oxygen atoms in total. The number of hydrogen-bond donors (Lipinski definition) is 0. The first-order chi connectivity index (χ1) is 21.3.